The molecule has 154 valence electrons. The number of ether oxygens (including phenoxy) is 1. The molecule has 0 radical (unpaired) electrons. The molecule has 2 N–H and O–H groups in total. The number of benzene rings is 2. The zero-order chi connectivity index (χ0) is 20.8. The van der Waals surface area contributed by atoms with Crippen LogP contribution in [0.25, 0.3) is 0 Å². The maximum atomic E-state index is 12.7. The number of likely N-dealkylation sites (tertiary alicyclic amines) is 1. The summed E-state index contributed by atoms with van der Waals surface area (Å²) in [6.07, 6.45) is 1.63. The number of hydrogen-bond donors (Lipinski definition) is 2. The molecular formula is C23H28N2O4. The van der Waals surface area contributed by atoms with Gasteiger partial charge in [-0.15, -0.1) is 0 Å². The summed E-state index contributed by atoms with van der Waals surface area (Å²) in [6.45, 7) is 5.27. The Labute approximate surface area is 171 Å². The normalized spacial score (nSPS) is 14.5. The molecule has 29 heavy (non-hydrogen) atoms. The van der Waals surface area contributed by atoms with Gasteiger partial charge >= 0.3 is 0 Å². The number of piperidine rings is 1. The van der Waals surface area contributed by atoms with Crippen LogP contribution in [0.3, 0.4) is 0 Å². The first-order chi connectivity index (χ1) is 14.0. The van der Waals surface area contributed by atoms with Gasteiger partial charge in [0.15, 0.2) is 6.61 Å². The van der Waals surface area contributed by atoms with Gasteiger partial charge in [-0.25, -0.2) is 0 Å². The van der Waals surface area contributed by atoms with E-state index in [2.05, 4.69) is 5.32 Å². The summed E-state index contributed by atoms with van der Waals surface area (Å²) in [6, 6.07) is 12.8. The van der Waals surface area contributed by atoms with Crippen molar-refractivity contribution in [1.82, 2.24) is 4.90 Å². The van der Waals surface area contributed by atoms with Gasteiger partial charge in [-0.05, 0) is 68.0 Å². The topological polar surface area (TPSA) is 78.9 Å². The fourth-order valence-electron chi connectivity index (χ4n) is 3.43. The number of carbonyl (C=O) groups is 2. The third kappa shape index (κ3) is 5.57. The zero-order valence-corrected chi connectivity index (χ0v) is 17.0. The first-order valence-electron chi connectivity index (χ1n) is 9.96. The fourth-order valence-corrected chi connectivity index (χ4v) is 3.43. The standard InChI is InChI=1S/C23H28N2O4/c1-16-6-7-17(2)21(12-16)29-15-22(27)24-20-5-3-4-19(13-20)23(28)25-10-8-18(14-26)9-11-25/h3-7,12-13,18,26H,8-11,14-15H2,1-2H3,(H,24,27). The molecule has 2 amide bonds. The van der Waals surface area contributed by atoms with Crippen molar-refractivity contribution in [2.24, 2.45) is 5.92 Å². The number of nitrogens with one attached hydrogen (secondary N) is 1. The van der Waals surface area contributed by atoms with Crippen molar-refractivity contribution in [2.75, 3.05) is 31.6 Å². The fraction of sp³-hybridized carbons (Fsp3) is 0.391. The van der Waals surface area contributed by atoms with Crippen LogP contribution in [0.1, 0.15) is 34.3 Å². The van der Waals surface area contributed by atoms with E-state index in [1.54, 1.807) is 29.2 Å². The van der Waals surface area contributed by atoms with Crippen LogP contribution in [-0.4, -0.2) is 48.1 Å². The first kappa shape index (κ1) is 20.9. The monoisotopic (exact) mass is 396 g/mol. The van der Waals surface area contributed by atoms with Crippen LogP contribution in [0.15, 0.2) is 42.5 Å². The molecule has 0 unspecified atom stereocenters. The third-order valence-electron chi connectivity index (χ3n) is 5.26. The van der Waals surface area contributed by atoms with Gasteiger partial charge in [0, 0.05) is 30.9 Å². The van der Waals surface area contributed by atoms with Gasteiger partial charge in [0.2, 0.25) is 0 Å². The predicted octanol–water partition coefficient (Wildman–Crippen LogP) is 3.17. The minimum Gasteiger partial charge on any atom is -0.483 e. The van der Waals surface area contributed by atoms with Crippen molar-refractivity contribution in [3.63, 3.8) is 0 Å². The molecule has 2 aromatic carbocycles. The molecule has 3 rings (SSSR count). The second kappa shape index (κ2) is 9.56. The van der Waals surface area contributed by atoms with E-state index in [0.29, 0.717) is 30.1 Å². The van der Waals surface area contributed by atoms with E-state index in [9.17, 15) is 14.7 Å². The molecule has 1 heterocycles. The third-order valence-corrected chi connectivity index (χ3v) is 5.26. The van der Waals surface area contributed by atoms with E-state index in [0.717, 1.165) is 24.0 Å². The minimum atomic E-state index is -0.278. The number of carbonyl (C=O) groups excluding carboxylic acids is 2. The molecule has 0 bridgehead atoms. The summed E-state index contributed by atoms with van der Waals surface area (Å²) in [7, 11) is 0. The predicted molar refractivity (Wildman–Crippen MR) is 112 cm³/mol. The molecule has 1 aliphatic rings. The average molecular weight is 396 g/mol. The van der Waals surface area contributed by atoms with Crippen LogP contribution in [-0.2, 0) is 4.79 Å². The lowest BCUT2D eigenvalue weighted by atomic mass is 9.97. The quantitative estimate of drug-likeness (QED) is 0.786. The van der Waals surface area contributed by atoms with Crippen molar-refractivity contribution in [1.29, 1.82) is 0 Å². The van der Waals surface area contributed by atoms with E-state index in [4.69, 9.17) is 4.74 Å². The molecule has 6 heteroatoms. The lowest BCUT2D eigenvalue weighted by molar-refractivity contribution is -0.118. The number of aliphatic hydroxyl groups is 1. The molecule has 1 aliphatic heterocycles. The van der Waals surface area contributed by atoms with Gasteiger partial charge in [0.25, 0.3) is 11.8 Å². The van der Waals surface area contributed by atoms with Crippen LogP contribution in [0, 0.1) is 19.8 Å². The Bertz CT molecular complexity index is 873. The maximum absolute atomic E-state index is 12.7. The zero-order valence-electron chi connectivity index (χ0n) is 17.0. The molecular weight excluding hydrogens is 368 g/mol. The maximum Gasteiger partial charge on any atom is 0.262 e. The molecule has 0 aromatic heterocycles. The summed E-state index contributed by atoms with van der Waals surface area (Å²) in [5.74, 6) is 0.639. The Hall–Kier alpha value is -2.86. The number of anilines is 1. The lowest BCUT2D eigenvalue weighted by Crippen LogP contribution is -2.39. The molecule has 0 spiro atoms. The highest BCUT2D eigenvalue weighted by molar-refractivity contribution is 5.97. The van der Waals surface area contributed by atoms with Crippen LogP contribution in [0.2, 0.25) is 0 Å². The highest BCUT2D eigenvalue weighted by Crippen LogP contribution is 2.21. The van der Waals surface area contributed by atoms with Gasteiger partial charge in [-0.1, -0.05) is 18.2 Å². The van der Waals surface area contributed by atoms with Gasteiger partial charge in [-0.2, -0.15) is 0 Å². The Morgan fingerprint density at radius 3 is 2.62 bits per heavy atom. The Balaban J connectivity index is 1.57. The van der Waals surface area contributed by atoms with E-state index in [1.165, 1.54) is 0 Å². The van der Waals surface area contributed by atoms with E-state index in [1.807, 2.05) is 32.0 Å². The Morgan fingerprint density at radius 2 is 1.90 bits per heavy atom. The van der Waals surface area contributed by atoms with Crippen LogP contribution in [0.5, 0.6) is 5.75 Å². The Morgan fingerprint density at radius 1 is 1.14 bits per heavy atom. The molecule has 0 atom stereocenters. The van der Waals surface area contributed by atoms with Crippen LogP contribution in [0.4, 0.5) is 5.69 Å². The number of amides is 2. The molecule has 1 fully saturated rings. The number of aryl methyl sites for hydroxylation is 2. The average Bonchev–Trinajstić information content (AvgIpc) is 2.74. The van der Waals surface area contributed by atoms with Gasteiger partial charge in [-0.3, -0.25) is 9.59 Å². The van der Waals surface area contributed by atoms with Gasteiger partial charge < -0.3 is 20.1 Å². The summed E-state index contributed by atoms with van der Waals surface area (Å²) < 4.78 is 5.64. The summed E-state index contributed by atoms with van der Waals surface area (Å²) in [5.41, 5.74) is 3.15. The van der Waals surface area contributed by atoms with Crippen molar-refractivity contribution >= 4 is 17.5 Å². The number of aliphatic hydroxyl groups excluding tert-OH is 1. The van der Waals surface area contributed by atoms with Crippen molar-refractivity contribution < 1.29 is 19.4 Å². The molecule has 0 aliphatic carbocycles. The van der Waals surface area contributed by atoms with Crippen molar-refractivity contribution in [2.45, 2.75) is 26.7 Å². The first-order valence-corrected chi connectivity index (χ1v) is 9.96. The molecule has 0 saturated carbocycles. The van der Waals surface area contributed by atoms with Crippen LogP contribution < -0.4 is 10.1 Å². The summed E-state index contributed by atoms with van der Waals surface area (Å²) >= 11 is 0. The second-order valence-corrected chi connectivity index (χ2v) is 7.60. The van der Waals surface area contributed by atoms with E-state index in [-0.39, 0.29) is 30.9 Å². The minimum absolute atomic E-state index is 0.0517. The van der Waals surface area contributed by atoms with Crippen molar-refractivity contribution in [3.8, 4) is 5.75 Å². The molecule has 6 nitrogen and oxygen atoms in total. The molecule has 1 saturated heterocycles. The molecule has 2 aromatic rings. The lowest BCUT2D eigenvalue weighted by Gasteiger charge is -2.31. The Kier molecular flexibility index (Phi) is 6.88. The summed E-state index contributed by atoms with van der Waals surface area (Å²) in [4.78, 5) is 26.8. The SMILES string of the molecule is Cc1ccc(C)c(OCC(=O)Nc2cccc(C(=O)N3CCC(CO)CC3)c2)c1. The van der Waals surface area contributed by atoms with E-state index >= 15 is 0 Å². The van der Waals surface area contributed by atoms with Gasteiger partial charge in [0.05, 0.1) is 0 Å². The second-order valence-electron chi connectivity index (χ2n) is 7.60. The number of hydrogen-bond acceptors (Lipinski definition) is 4. The summed E-state index contributed by atoms with van der Waals surface area (Å²) in [5, 5.41) is 12.0. The largest absolute Gasteiger partial charge is 0.483 e. The van der Waals surface area contributed by atoms with E-state index < -0.39 is 0 Å². The highest BCUT2D eigenvalue weighted by atomic mass is 16.5. The number of rotatable bonds is 6. The van der Waals surface area contributed by atoms with Gasteiger partial charge in [0.1, 0.15) is 5.75 Å². The van der Waals surface area contributed by atoms with Crippen molar-refractivity contribution in [3.05, 3.63) is 59.2 Å². The van der Waals surface area contributed by atoms with Crippen LogP contribution >= 0.6 is 0 Å². The highest BCUT2D eigenvalue weighted by Gasteiger charge is 2.23. The number of nitrogens with zero attached hydrogens (tertiary/aromatic N) is 1. The smallest absolute Gasteiger partial charge is 0.262 e.